The number of nitrogens with one attached hydrogen (secondary N) is 2. The summed E-state index contributed by atoms with van der Waals surface area (Å²) in [5, 5.41) is 6.70. The van der Waals surface area contributed by atoms with Crippen molar-refractivity contribution in [2.75, 3.05) is 25.6 Å². The lowest BCUT2D eigenvalue weighted by molar-refractivity contribution is -0.123. The molecule has 130 valence electrons. The van der Waals surface area contributed by atoms with Crippen LogP contribution in [0.3, 0.4) is 0 Å². The Kier molecular flexibility index (Phi) is 5.82. The molecule has 0 aliphatic carbocycles. The zero-order valence-electron chi connectivity index (χ0n) is 13.3. The number of fused-ring (bicyclic) bond motifs is 1. The largest absolute Gasteiger partial charge is 0.463 e. The minimum Gasteiger partial charge on any atom is -0.463 e. The quantitative estimate of drug-likeness (QED) is 0.819. The number of amides is 1. The smallest absolute Gasteiger partial charge is 0.373 e. The standard InChI is InChI=1S/C16H18N2O5.ClH/c1-9-14(17-5-6-22-9)15(19)18-11-3-4-12-10(7-11)8-13(23-12)16(20)21-2;/h3-4,7-9,14,17H,5-6H2,1-2H3,(H,18,19);1H/t9-,14+;/m1./s1. The van der Waals surface area contributed by atoms with Gasteiger partial charge >= 0.3 is 5.97 Å². The molecule has 2 N–H and O–H groups in total. The normalized spacial score (nSPS) is 20.2. The summed E-state index contributed by atoms with van der Waals surface area (Å²) in [4.78, 5) is 23.8. The first kappa shape index (κ1) is 18.3. The lowest BCUT2D eigenvalue weighted by Crippen LogP contribution is -2.53. The van der Waals surface area contributed by atoms with E-state index in [0.29, 0.717) is 29.8 Å². The van der Waals surface area contributed by atoms with Gasteiger partial charge in [0, 0.05) is 17.6 Å². The fourth-order valence-corrected chi connectivity index (χ4v) is 2.57. The molecule has 1 aliphatic rings. The number of morpholine rings is 1. The Morgan fingerprint density at radius 3 is 2.83 bits per heavy atom. The third-order valence-corrected chi connectivity index (χ3v) is 3.77. The van der Waals surface area contributed by atoms with Crippen LogP contribution in [-0.4, -0.2) is 44.3 Å². The van der Waals surface area contributed by atoms with Gasteiger partial charge in [0.25, 0.3) is 0 Å². The van der Waals surface area contributed by atoms with Crippen molar-refractivity contribution in [2.24, 2.45) is 0 Å². The Morgan fingerprint density at radius 2 is 2.12 bits per heavy atom. The molecular weight excluding hydrogens is 336 g/mol. The average molecular weight is 355 g/mol. The van der Waals surface area contributed by atoms with Crippen LogP contribution in [0.1, 0.15) is 17.5 Å². The van der Waals surface area contributed by atoms with E-state index in [4.69, 9.17) is 9.15 Å². The summed E-state index contributed by atoms with van der Waals surface area (Å²) in [5.74, 6) is -0.570. The summed E-state index contributed by atoms with van der Waals surface area (Å²) in [6, 6.07) is 6.36. The van der Waals surface area contributed by atoms with Crippen LogP contribution in [0.5, 0.6) is 0 Å². The summed E-state index contributed by atoms with van der Waals surface area (Å²) < 4.78 is 15.5. The Labute approximate surface area is 145 Å². The van der Waals surface area contributed by atoms with Gasteiger partial charge in [0.2, 0.25) is 11.7 Å². The lowest BCUT2D eigenvalue weighted by Gasteiger charge is -2.29. The van der Waals surface area contributed by atoms with Crippen LogP contribution in [0.4, 0.5) is 5.69 Å². The molecule has 0 spiro atoms. The van der Waals surface area contributed by atoms with Crippen LogP contribution in [0.25, 0.3) is 11.0 Å². The van der Waals surface area contributed by atoms with Crippen molar-refractivity contribution in [3.05, 3.63) is 30.0 Å². The lowest BCUT2D eigenvalue weighted by atomic mass is 10.1. The summed E-state index contributed by atoms with van der Waals surface area (Å²) >= 11 is 0. The van der Waals surface area contributed by atoms with Gasteiger partial charge in [0.15, 0.2) is 0 Å². The molecule has 0 unspecified atom stereocenters. The molecule has 1 fully saturated rings. The van der Waals surface area contributed by atoms with E-state index in [1.54, 1.807) is 24.3 Å². The van der Waals surface area contributed by atoms with Crippen molar-refractivity contribution in [2.45, 2.75) is 19.1 Å². The Balaban J connectivity index is 0.00000208. The molecule has 3 rings (SSSR count). The molecule has 2 heterocycles. The second kappa shape index (κ2) is 7.65. The van der Waals surface area contributed by atoms with Crippen molar-refractivity contribution in [3.63, 3.8) is 0 Å². The molecule has 1 amide bonds. The van der Waals surface area contributed by atoms with Crippen molar-refractivity contribution in [1.82, 2.24) is 5.32 Å². The Hall–Kier alpha value is -2.09. The predicted octanol–water partition coefficient (Wildman–Crippen LogP) is 1.96. The van der Waals surface area contributed by atoms with E-state index in [-0.39, 0.29) is 30.2 Å². The molecule has 0 saturated carbocycles. The minimum absolute atomic E-state index is 0. The van der Waals surface area contributed by atoms with E-state index in [9.17, 15) is 9.59 Å². The molecule has 0 bridgehead atoms. The zero-order chi connectivity index (χ0) is 16.4. The molecule has 24 heavy (non-hydrogen) atoms. The van der Waals surface area contributed by atoms with Crippen molar-refractivity contribution >= 4 is 40.9 Å². The van der Waals surface area contributed by atoms with Gasteiger partial charge in [-0.15, -0.1) is 12.4 Å². The highest BCUT2D eigenvalue weighted by Crippen LogP contribution is 2.24. The van der Waals surface area contributed by atoms with E-state index in [2.05, 4.69) is 15.4 Å². The second-order valence-corrected chi connectivity index (χ2v) is 5.35. The maximum Gasteiger partial charge on any atom is 0.373 e. The number of methoxy groups -OCH3 is 1. The van der Waals surface area contributed by atoms with Gasteiger partial charge in [0.1, 0.15) is 11.6 Å². The van der Waals surface area contributed by atoms with Gasteiger partial charge in [0.05, 0.1) is 19.8 Å². The predicted molar refractivity (Wildman–Crippen MR) is 90.6 cm³/mol. The van der Waals surface area contributed by atoms with E-state index in [1.807, 2.05) is 6.92 Å². The number of ether oxygens (including phenoxy) is 2. The Morgan fingerprint density at radius 1 is 1.33 bits per heavy atom. The van der Waals surface area contributed by atoms with Crippen LogP contribution < -0.4 is 10.6 Å². The number of hydrogen-bond donors (Lipinski definition) is 2. The monoisotopic (exact) mass is 354 g/mol. The Bertz CT molecular complexity index is 745. The number of benzene rings is 1. The minimum atomic E-state index is -0.538. The molecule has 2 aromatic rings. The van der Waals surface area contributed by atoms with Gasteiger partial charge in [-0.25, -0.2) is 4.79 Å². The average Bonchev–Trinajstić information content (AvgIpc) is 2.97. The number of hydrogen-bond acceptors (Lipinski definition) is 6. The van der Waals surface area contributed by atoms with Crippen molar-refractivity contribution in [1.29, 1.82) is 0 Å². The third kappa shape index (κ3) is 3.69. The van der Waals surface area contributed by atoms with Crippen molar-refractivity contribution in [3.8, 4) is 0 Å². The van der Waals surface area contributed by atoms with Gasteiger partial charge in [-0.1, -0.05) is 0 Å². The van der Waals surface area contributed by atoms with Crippen LogP contribution in [-0.2, 0) is 14.3 Å². The highest BCUT2D eigenvalue weighted by atomic mass is 35.5. The number of halogens is 1. The molecule has 7 nitrogen and oxygen atoms in total. The topological polar surface area (TPSA) is 89.8 Å². The fraction of sp³-hybridized carbons (Fsp3) is 0.375. The molecule has 1 saturated heterocycles. The molecular formula is C16H19ClN2O5. The van der Waals surface area contributed by atoms with Gasteiger partial charge in [-0.3, -0.25) is 4.79 Å². The highest BCUT2D eigenvalue weighted by Gasteiger charge is 2.28. The van der Waals surface area contributed by atoms with Crippen molar-refractivity contribution < 1.29 is 23.5 Å². The van der Waals surface area contributed by atoms with Crippen LogP contribution in [0, 0.1) is 0 Å². The van der Waals surface area contributed by atoms with E-state index in [1.165, 1.54) is 7.11 Å². The van der Waals surface area contributed by atoms with Gasteiger partial charge < -0.3 is 24.5 Å². The number of rotatable bonds is 3. The molecule has 0 radical (unpaired) electrons. The van der Waals surface area contributed by atoms with Gasteiger partial charge in [-0.05, 0) is 31.2 Å². The molecule has 8 heteroatoms. The molecule has 1 aliphatic heterocycles. The van der Waals surface area contributed by atoms with E-state index in [0.717, 1.165) is 0 Å². The van der Waals surface area contributed by atoms with E-state index < -0.39 is 12.0 Å². The van der Waals surface area contributed by atoms with E-state index >= 15 is 0 Å². The fourth-order valence-electron chi connectivity index (χ4n) is 2.57. The first-order valence-electron chi connectivity index (χ1n) is 7.36. The number of esters is 1. The first-order valence-corrected chi connectivity index (χ1v) is 7.36. The van der Waals surface area contributed by atoms with Crippen LogP contribution in [0.15, 0.2) is 28.7 Å². The maximum absolute atomic E-state index is 12.3. The molecule has 2 atom stereocenters. The summed E-state index contributed by atoms with van der Waals surface area (Å²) in [6.07, 6.45) is -0.188. The van der Waals surface area contributed by atoms with Crippen LogP contribution >= 0.6 is 12.4 Å². The molecule has 1 aromatic carbocycles. The summed E-state index contributed by atoms with van der Waals surface area (Å²) in [5.41, 5.74) is 1.18. The number of furan rings is 1. The van der Waals surface area contributed by atoms with Crippen LogP contribution in [0.2, 0.25) is 0 Å². The second-order valence-electron chi connectivity index (χ2n) is 5.35. The number of anilines is 1. The zero-order valence-corrected chi connectivity index (χ0v) is 14.1. The summed E-state index contributed by atoms with van der Waals surface area (Å²) in [7, 11) is 1.29. The van der Waals surface area contributed by atoms with Gasteiger partial charge in [-0.2, -0.15) is 0 Å². The first-order chi connectivity index (χ1) is 11.1. The molecule has 1 aromatic heterocycles. The SMILES string of the molecule is COC(=O)c1cc2cc(NC(=O)[C@H]3NCCO[C@@H]3C)ccc2o1.Cl. The summed E-state index contributed by atoms with van der Waals surface area (Å²) in [6.45, 7) is 3.10. The number of carbonyl (C=O) groups is 2. The third-order valence-electron chi connectivity index (χ3n) is 3.77. The number of carbonyl (C=O) groups excluding carboxylic acids is 2. The highest BCUT2D eigenvalue weighted by molar-refractivity contribution is 5.98. The maximum atomic E-state index is 12.3.